The molecule has 0 radical (unpaired) electrons. The molecule has 3 nitrogen and oxygen atoms in total. The highest BCUT2D eigenvalue weighted by Crippen LogP contribution is 2.26. The standard InChI is InChI=1S/C18H23NO2/c1-13-8-9-17(14(2)10-13)18(19-16(11-20)12-21)15-6-4-3-5-7-15/h3-10,16,18-21H,11-12H2,1-2H3. The molecule has 112 valence electrons. The van der Waals surface area contributed by atoms with Gasteiger partial charge in [-0.3, -0.25) is 5.32 Å². The van der Waals surface area contributed by atoms with E-state index in [4.69, 9.17) is 0 Å². The molecule has 3 heteroatoms. The largest absolute Gasteiger partial charge is 0.395 e. The molecule has 2 aromatic carbocycles. The SMILES string of the molecule is Cc1ccc(C(NC(CO)CO)c2ccccc2)c(C)c1. The Hall–Kier alpha value is -1.68. The van der Waals surface area contributed by atoms with Crippen LogP contribution < -0.4 is 5.32 Å². The third-order valence-corrected chi connectivity index (χ3v) is 3.71. The van der Waals surface area contributed by atoms with Crippen LogP contribution in [0.15, 0.2) is 48.5 Å². The number of aliphatic hydroxyl groups excluding tert-OH is 2. The Kier molecular flexibility index (Phi) is 5.51. The molecule has 0 amide bonds. The number of aliphatic hydroxyl groups is 2. The molecule has 0 aromatic heterocycles. The maximum atomic E-state index is 9.36. The van der Waals surface area contributed by atoms with E-state index in [-0.39, 0.29) is 25.3 Å². The molecule has 21 heavy (non-hydrogen) atoms. The molecule has 0 saturated carbocycles. The van der Waals surface area contributed by atoms with Gasteiger partial charge in [0.25, 0.3) is 0 Å². The first-order valence-electron chi connectivity index (χ1n) is 7.25. The van der Waals surface area contributed by atoms with Crippen LogP contribution in [0.2, 0.25) is 0 Å². The number of hydrogen-bond donors (Lipinski definition) is 3. The van der Waals surface area contributed by atoms with Gasteiger partial charge in [0, 0.05) is 0 Å². The van der Waals surface area contributed by atoms with Crippen LogP contribution in [0.3, 0.4) is 0 Å². The number of aryl methyl sites for hydroxylation is 2. The third kappa shape index (κ3) is 3.91. The summed E-state index contributed by atoms with van der Waals surface area (Å²) in [5.74, 6) is 0. The normalized spacial score (nSPS) is 12.6. The van der Waals surface area contributed by atoms with Crippen LogP contribution in [0.4, 0.5) is 0 Å². The van der Waals surface area contributed by atoms with Gasteiger partial charge in [-0.15, -0.1) is 0 Å². The average Bonchev–Trinajstić information content (AvgIpc) is 2.50. The van der Waals surface area contributed by atoms with Gasteiger partial charge in [-0.1, -0.05) is 54.1 Å². The molecule has 2 rings (SSSR count). The lowest BCUT2D eigenvalue weighted by molar-refractivity contribution is 0.165. The van der Waals surface area contributed by atoms with Crippen LogP contribution in [0.25, 0.3) is 0 Å². The molecule has 0 bridgehead atoms. The minimum Gasteiger partial charge on any atom is -0.395 e. The topological polar surface area (TPSA) is 52.5 Å². The summed E-state index contributed by atoms with van der Waals surface area (Å²) >= 11 is 0. The van der Waals surface area contributed by atoms with Gasteiger partial charge >= 0.3 is 0 Å². The first-order chi connectivity index (χ1) is 10.2. The summed E-state index contributed by atoms with van der Waals surface area (Å²) in [6.45, 7) is 3.98. The van der Waals surface area contributed by atoms with Crippen LogP contribution in [0, 0.1) is 13.8 Å². The molecule has 3 N–H and O–H groups in total. The van der Waals surface area contributed by atoms with Crippen molar-refractivity contribution in [3.05, 3.63) is 70.8 Å². The third-order valence-electron chi connectivity index (χ3n) is 3.71. The Morgan fingerprint density at radius 3 is 2.19 bits per heavy atom. The van der Waals surface area contributed by atoms with Crippen molar-refractivity contribution in [3.63, 3.8) is 0 Å². The Morgan fingerprint density at radius 2 is 1.62 bits per heavy atom. The summed E-state index contributed by atoms with van der Waals surface area (Å²) in [5.41, 5.74) is 4.71. The molecule has 0 spiro atoms. The number of nitrogens with one attached hydrogen (secondary N) is 1. The minimum atomic E-state index is -0.337. The maximum absolute atomic E-state index is 9.36. The zero-order chi connectivity index (χ0) is 15.2. The lowest BCUT2D eigenvalue weighted by atomic mass is 9.93. The highest BCUT2D eigenvalue weighted by molar-refractivity contribution is 5.39. The minimum absolute atomic E-state index is 0.0453. The smallest absolute Gasteiger partial charge is 0.0607 e. The molecular formula is C18H23NO2. The molecule has 0 heterocycles. The van der Waals surface area contributed by atoms with Gasteiger partial charge in [-0.05, 0) is 30.5 Å². The fraction of sp³-hybridized carbons (Fsp3) is 0.333. The second kappa shape index (κ2) is 7.36. The van der Waals surface area contributed by atoms with Gasteiger partial charge in [0.1, 0.15) is 0 Å². The Bertz CT molecular complexity index is 565. The average molecular weight is 285 g/mol. The highest BCUT2D eigenvalue weighted by Gasteiger charge is 2.19. The maximum Gasteiger partial charge on any atom is 0.0607 e. The summed E-state index contributed by atoms with van der Waals surface area (Å²) in [6.07, 6.45) is 0. The fourth-order valence-electron chi connectivity index (χ4n) is 2.56. The van der Waals surface area contributed by atoms with E-state index in [1.807, 2.05) is 18.2 Å². The molecule has 1 atom stereocenters. The van der Waals surface area contributed by atoms with Gasteiger partial charge in [0.15, 0.2) is 0 Å². The van der Waals surface area contributed by atoms with Crippen LogP contribution >= 0.6 is 0 Å². The van der Waals surface area contributed by atoms with Crippen molar-refractivity contribution in [2.24, 2.45) is 0 Å². The summed E-state index contributed by atoms with van der Waals surface area (Å²) in [5, 5.41) is 22.1. The van der Waals surface area contributed by atoms with Crippen LogP contribution in [0.5, 0.6) is 0 Å². The molecule has 0 fully saturated rings. The Labute approximate surface area is 126 Å². The van der Waals surface area contributed by atoms with Crippen molar-refractivity contribution >= 4 is 0 Å². The fourth-order valence-corrected chi connectivity index (χ4v) is 2.56. The van der Waals surface area contributed by atoms with E-state index in [0.717, 1.165) is 5.56 Å². The zero-order valence-electron chi connectivity index (χ0n) is 12.6. The molecule has 1 unspecified atom stereocenters. The van der Waals surface area contributed by atoms with Crippen molar-refractivity contribution in [2.75, 3.05) is 13.2 Å². The highest BCUT2D eigenvalue weighted by atomic mass is 16.3. The van der Waals surface area contributed by atoms with Crippen LogP contribution in [-0.2, 0) is 0 Å². The molecule has 0 aliphatic carbocycles. The van der Waals surface area contributed by atoms with E-state index < -0.39 is 0 Å². The van der Waals surface area contributed by atoms with Gasteiger partial charge in [0.05, 0.1) is 25.3 Å². The predicted octanol–water partition coefficient (Wildman–Crippen LogP) is 2.34. The first-order valence-corrected chi connectivity index (χ1v) is 7.25. The summed E-state index contributed by atoms with van der Waals surface area (Å²) in [7, 11) is 0. The van der Waals surface area contributed by atoms with Crippen molar-refractivity contribution in [1.29, 1.82) is 0 Å². The first kappa shape index (κ1) is 15.7. The second-order valence-electron chi connectivity index (χ2n) is 5.43. The number of rotatable bonds is 6. The van der Waals surface area contributed by atoms with Crippen molar-refractivity contribution < 1.29 is 10.2 Å². The molecular weight excluding hydrogens is 262 g/mol. The van der Waals surface area contributed by atoms with E-state index in [0.29, 0.717) is 0 Å². The lowest BCUT2D eigenvalue weighted by Crippen LogP contribution is -2.39. The quantitative estimate of drug-likeness (QED) is 0.763. The van der Waals surface area contributed by atoms with E-state index >= 15 is 0 Å². The van der Waals surface area contributed by atoms with E-state index in [1.54, 1.807) is 0 Å². The number of benzene rings is 2. The van der Waals surface area contributed by atoms with Gasteiger partial charge in [-0.2, -0.15) is 0 Å². The van der Waals surface area contributed by atoms with E-state index in [9.17, 15) is 10.2 Å². The number of hydrogen-bond acceptors (Lipinski definition) is 3. The van der Waals surface area contributed by atoms with Crippen LogP contribution in [0.1, 0.15) is 28.3 Å². The Balaban J connectivity index is 2.40. The van der Waals surface area contributed by atoms with Gasteiger partial charge in [-0.25, -0.2) is 0 Å². The van der Waals surface area contributed by atoms with Crippen molar-refractivity contribution in [3.8, 4) is 0 Å². The van der Waals surface area contributed by atoms with E-state index in [1.165, 1.54) is 16.7 Å². The molecule has 0 aliphatic heterocycles. The second-order valence-corrected chi connectivity index (χ2v) is 5.43. The van der Waals surface area contributed by atoms with Gasteiger partial charge < -0.3 is 10.2 Å². The molecule has 0 saturated heterocycles. The summed E-state index contributed by atoms with van der Waals surface area (Å²) in [4.78, 5) is 0. The Morgan fingerprint density at radius 1 is 0.952 bits per heavy atom. The van der Waals surface area contributed by atoms with Crippen molar-refractivity contribution in [2.45, 2.75) is 25.9 Å². The summed E-state index contributed by atoms with van der Waals surface area (Å²) in [6, 6.07) is 16.1. The lowest BCUT2D eigenvalue weighted by Gasteiger charge is -2.26. The molecule has 2 aromatic rings. The van der Waals surface area contributed by atoms with Crippen molar-refractivity contribution in [1.82, 2.24) is 5.32 Å². The molecule has 0 aliphatic rings. The van der Waals surface area contributed by atoms with Gasteiger partial charge in [0.2, 0.25) is 0 Å². The summed E-state index contributed by atoms with van der Waals surface area (Å²) < 4.78 is 0. The van der Waals surface area contributed by atoms with E-state index in [2.05, 4.69) is 49.5 Å². The predicted molar refractivity (Wildman–Crippen MR) is 85.3 cm³/mol. The zero-order valence-corrected chi connectivity index (χ0v) is 12.6. The van der Waals surface area contributed by atoms with Crippen LogP contribution in [-0.4, -0.2) is 29.5 Å². The monoisotopic (exact) mass is 285 g/mol.